The maximum Gasteiger partial charge on any atom is 0.264 e. The van der Waals surface area contributed by atoms with Gasteiger partial charge in [-0.3, -0.25) is 4.79 Å². The molecule has 3 heterocycles. The highest BCUT2D eigenvalue weighted by atomic mass is 35.5. The van der Waals surface area contributed by atoms with Crippen LogP contribution in [0.4, 0.5) is 5.69 Å². The number of carbonyl (C=O) groups is 1. The summed E-state index contributed by atoms with van der Waals surface area (Å²) in [6.45, 7) is 9.69. The van der Waals surface area contributed by atoms with Crippen LogP contribution < -0.4 is 14.4 Å². The molecule has 2 aromatic carbocycles. The predicted octanol–water partition coefficient (Wildman–Crippen LogP) is 6.53. The van der Waals surface area contributed by atoms with Crippen molar-refractivity contribution in [1.29, 1.82) is 0 Å². The Bertz CT molecular complexity index is 1510. The highest BCUT2D eigenvalue weighted by Crippen LogP contribution is 2.56. The summed E-state index contributed by atoms with van der Waals surface area (Å²) in [5, 5.41) is -0.00716. The smallest absolute Gasteiger partial charge is 0.264 e. The molecular weight excluding hydrogens is 612 g/mol. The number of anilines is 1. The highest BCUT2D eigenvalue weighted by molar-refractivity contribution is 7.90. The van der Waals surface area contributed by atoms with Crippen molar-refractivity contribution < 1.29 is 27.4 Å². The standard InChI is InChI=1S/C35H47ClN2O6S/c1-24-7-6-14-35(23-42-17-18-44-35)32-13-15-34(32,3)22-38-16-5-4-8-26-19-29(36)11-9-28(26)21-43-31-12-10-27(20-30(31)38)33(39)37-45(40,41)25(24)2/h9-12,19-20,24-25,32H,4-8,13-18,21-23H2,1-3H3,(H,37,39)/t24-,25+,32+,34?,35+/m0/s1. The Hall–Kier alpha value is -2.33. The van der Waals surface area contributed by atoms with E-state index in [9.17, 15) is 13.2 Å². The fourth-order valence-corrected chi connectivity index (χ4v) is 9.52. The molecule has 0 aromatic heterocycles. The molecule has 1 unspecified atom stereocenters. The number of hydrogen-bond donors (Lipinski definition) is 1. The molecule has 1 aliphatic carbocycles. The number of sulfonamides is 1. The first kappa shape index (κ1) is 32.6. The predicted molar refractivity (Wildman–Crippen MR) is 177 cm³/mol. The van der Waals surface area contributed by atoms with Gasteiger partial charge in [-0.05, 0) is 111 Å². The van der Waals surface area contributed by atoms with Gasteiger partial charge in [0.1, 0.15) is 12.4 Å². The maximum atomic E-state index is 13.5. The number of nitrogens with zero attached hydrogens (tertiary/aromatic N) is 1. The van der Waals surface area contributed by atoms with Crippen molar-refractivity contribution in [2.45, 2.75) is 89.6 Å². The second-order valence-electron chi connectivity index (χ2n) is 14.0. The van der Waals surface area contributed by atoms with Crippen molar-refractivity contribution in [3.8, 4) is 5.75 Å². The summed E-state index contributed by atoms with van der Waals surface area (Å²) in [5.41, 5.74) is 2.96. The minimum atomic E-state index is -3.90. The second kappa shape index (κ2) is 13.1. The molecule has 1 spiro atoms. The Labute approximate surface area is 273 Å². The van der Waals surface area contributed by atoms with Gasteiger partial charge in [-0.25, -0.2) is 13.1 Å². The average Bonchev–Trinajstić information content (AvgIpc) is 3.03. The zero-order chi connectivity index (χ0) is 31.8. The minimum absolute atomic E-state index is 0.0355. The van der Waals surface area contributed by atoms with E-state index in [0.29, 0.717) is 43.7 Å². The molecule has 8 nitrogen and oxygen atoms in total. The molecule has 2 fully saturated rings. The Morgan fingerprint density at radius 2 is 1.84 bits per heavy atom. The molecule has 2 aromatic rings. The summed E-state index contributed by atoms with van der Waals surface area (Å²) in [5.74, 6) is 0.228. The number of amides is 1. The summed E-state index contributed by atoms with van der Waals surface area (Å²) in [6.07, 6.45) is 7.34. The van der Waals surface area contributed by atoms with E-state index in [1.165, 1.54) is 5.56 Å². The van der Waals surface area contributed by atoms with Crippen LogP contribution in [0.3, 0.4) is 0 Å². The first-order chi connectivity index (χ1) is 21.5. The van der Waals surface area contributed by atoms with Crippen LogP contribution in [0, 0.1) is 17.3 Å². The second-order valence-corrected chi connectivity index (χ2v) is 16.5. The van der Waals surface area contributed by atoms with E-state index in [1.54, 1.807) is 13.0 Å². The Kier molecular flexibility index (Phi) is 9.46. The summed E-state index contributed by atoms with van der Waals surface area (Å²) >= 11 is 6.36. The number of rotatable bonds is 0. The maximum absolute atomic E-state index is 13.5. The van der Waals surface area contributed by atoms with Gasteiger partial charge in [-0.15, -0.1) is 0 Å². The zero-order valence-electron chi connectivity index (χ0n) is 26.8. The van der Waals surface area contributed by atoms with E-state index in [-0.39, 0.29) is 11.3 Å². The van der Waals surface area contributed by atoms with E-state index < -0.39 is 26.8 Å². The Morgan fingerprint density at radius 1 is 1.00 bits per heavy atom. The molecule has 1 saturated heterocycles. The SMILES string of the molecule is C[C@@H]1[C@@H](C)CCC[C@@]2(COCCO2)[C@@H]2CCC2(C)CN2CCCCc3cc(Cl)ccc3COc3ccc(cc32)C(=O)NS1(=O)=O. The lowest BCUT2D eigenvalue weighted by molar-refractivity contribution is -0.229. The number of carbonyl (C=O) groups excluding carboxylic acids is 1. The summed E-state index contributed by atoms with van der Waals surface area (Å²) < 4.78 is 48.4. The van der Waals surface area contributed by atoms with Crippen LogP contribution in [0.25, 0.3) is 0 Å². The molecule has 10 heteroatoms. The Balaban J connectivity index is 1.42. The van der Waals surface area contributed by atoms with Crippen molar-refractivity contribution in [3.05, 3.63) is 58.1 Å². The highest BCUT2D eigenvalue weighted by Gasteiger charge is 2.56. The average molecular weight is 659 g/mol. The van der Waals surface area contributed by atoms with Gasteiger partial charge in [0.05, 0.1) is 36.4 Å². The summed E-state index contributed by atoms with van der Waals surface area (Å²) in [4.78, 5) is 15.9. The fraction of sp³-hybridized carbons (Fsp3) is 0.629. The normalized spacial score (nSPS) is 32.6. The molecule has 6 rings (SSSR count). The van der Waals surface area contributed by atoms with Crippen LogP contribution in [-0.2, 0) is 32.5 Å². The van der Waals surface area contributed by atoms with Gasteiger partial charge < -0.3 is 19.1 Å². The lowest BCUT2D eigenvalue weighted by Crippen LogP contribution is -2.61. The molecule has 4 aliphatic rings. The number of fused-ring (bicyclic) bond motifs is 4. The van der Waals surface area contributed by atoms with Crippen LogP contribution in [0.15, 0.2) is 36.4 Å². The van der Waals surface area contributed by atoms with Crippen LogP contribution in [-0.4, -0.2) is 58.1 Å². The van der Waals surface area contributed by atoms with E-state index in [4.69, 9.17) is 25.8 Å². The first-order valence-electron chi connectivity index (χ1n) is 16.6. The molecule has 45 heavy (non-hydrogen) atoms. The lowest BCUT2D eigenvalue weighted by atomic mass is 9.54. The van der Waals surface area contributed by atoms with Gasteiger partial charge in [0, 0.05) is 23.7 Å². The third-order valence-electron chi connectivity index (χ3n) is 11.0. The van der Waals surface area contributed by atoms with Crippen molar-refractivity contribution in [3.63, 3.8) is 0 Å². The molecule has 2 bridgehead atoms. The zero-order valence-corrected chi connectivity index (χ0v) is 28.4. The quantitative estimate of drug-likeness (QED) is 0.344. The van der Waals surface area contributed by atoms with Gasteiger partial charge >= 0.3 is 0 Å². The van der Waals surface area contributed by atoms with Gasteiger partial charge in [0.25, 0.3) is 5.91 Å². The first-order valence-corrected chi connectivity index (χ1v) is 18.5. The van der Waals surface area contributed by atoms with Gasteiger partial charge in [0.15, 0.2) is 0 Å². The molecular formula is C35H47ClN2O6S. The summed E-state index contributed by atoms with van der Waals surface area (Å²) in [7, 11) is -3.90. The Morgan fingerprint density at radius 3 is 2.60 bits per heavy atom. The lowest BCUT2D eigenvalue weighted by Gasteiger charge is -2.58. The van der Waals surface area contributed by atoms with Crippen LogP contribution in [0.2, 0.25) is 5.02 Å². The monoisotopic (exact) mass is 658 g/mol. The van der Waals surface area contributed by atoms with Gasteiger partial charge in [-0.2, -0.15) is 0 Å². The number of aryl methyl sites for hydroxylation is 1. The molecule has 1 N–H and O–H groups in total. The van der Waals surface area contributed by atoms with Crippen molar-refractivity contribution >= 4 is 33.2 Å². The fourth-order valence-electron chi connectivity index (χ4n) is 8.01. The van der Waals surface area contributed by atoms with Gasteiger partial charge in [0.2, 0.25) is 10.0 Å². The number of benzene rings is 2. The van der Waals surface area contributed by atoms with Crippen LogP contribution in [0.5, 0.6) is 5.75 Å². The molecule has 1 saturated carbocycles. The molecule has 5 atom stereocenters. The van der Waals surface area contributed by atoms with Gasteiger partial charge in [-0.1, -0.05) is 37.9 Å². The largest absolute Gasteiger partial charge is 0.487 e. The number of hydrogen-bond acceptors (Lipinski definition) is 7. The van der Waals surface area contributed by atoms with Crippen LogP contribution in [0.1, 0.15) is 87.2 Å². The van der Waals surface area contributed by atoms with Crippen molar-refractivity contribution in [2.75, 3.05) is 37.8 Å². The number of nitrogens with one attached hydrogen (secondary N) is 1. The topological polar surface area (TPSA) is 94.2 Å². The van der Waals surface area contributed by atoms with E-state index in [0.717, 1.165) is 80.7 Å². The van der Waals surface area contributed by atoms with Crippen LogP contribution >= 0.6 is 11.6 Å². The van der Waals surface area contributed by atoms with Crippen molar-refractivity contribution in [2.24, 2.45) is 17.3 Å². The summed E-state index contributed by atoms with van der Waals surface area (Å²) in [6, 6.07) is 11.2. The van der Waals surface area contributed by atoms with E-state index in [1.807, 2.05) is 37.3 Å². The third kappa shape index (κ3) is 6.74. The van der Waals surface area contributed by atoms with E-state index >= 15 is 0 Å². The molecule has 3 aliphatic heterocycles. The number of ether oxygens (including phenoxy) is 3. The van der Waals surface area contributed by atoms with Crippen molar-refractivity contribution in [1.82, 2.24) is 4.72 Å². The van der Waals surface area contributed by atoms with E-state index in [2.05, 4.69) is 16.5 Å². The molecule has 0 radical (unpaired) electrons. The number of halogens is 1. The minimum Gasteiger partial charge on any atom is -0.487 e. The molecule has 1 amide bonds. The third-order valence-corrected chi connectivity index (χ3v) is 13.2. The molecule has 246 valence electrons.